The monoisotopic (exact) mass is 261 g/mol. The Labute approximate surface area is 103 Å². The van der Waals surface area contributed by atoms with Crippen LogP contribution in [0, 0.1) is 11.6 Å². The molecule has 1 aromatic carbocycles. The van der Waals surface area contributed by atoms with Crippen molar-refractivity contribution in [2.45, 2.75) is 30.7 Å². The van der Waals surface area contributed by atoms with Crippen molar-refractivity contribution in [3.63, 3.8) is 0 Å². The van der Waals surface area contributed by atoms with E-state index in [2.05, 4.69) is 5.32 Å². The van der Waals surface area contributed by atoms with Crippen LogP contribution in [-0.2, 0) is 10.8 Å². The molecule has 2 unspecified atom stereocenters. The highest BCUT2D eigenvalue weighted by atomic mass is 32.2. The first-order chi connectivity index (χ1) is 8.08. The minimum absolute atomic E-state index is 0.0720. The minimum Gasteiger partial charge on any atom is -0.316 e. The first-order valence-electron chi connectivity index (χ1n) is 5.59. The topological polar surface area (TPSA) is 29.1 Å². The van der Waals surface area contributed by atoms with Crippen molar-refractivity contribution in [2.75, 3.05) is 12.8 Å². The third kappa shape index (κ3) is 4.16. The maximum atomic E-state index is 13.4. The maximum Gasteiger partial charge on any atom is 0.142 e. The minimum atomic E-state index is -1.44. The van der Waals surface area contributed by atoms with Crippen LogP contribution < -0.4 is 5.32 Å². The van der Waals surface area contributed by atoms with Crippen LogP contribution in [0.1, 0.15) is 19.8 Å². The number of halogens is 2. The molecule has 0 radical (unpaired) electrons. The van der Waals surface area contributed by atoms with Crippen molar-refractivity contribution >= 4 is 10.8 Å². The SMILES string of the molecule is CCCC(CS(=O)c1ccc(F)cc1F)NC. The van der Waals surface area contributed by atoms with Gasteiger partial charge in [0.25, 0.3) is 0 Å². The Bertz CT molecular complexity index is 398. The van der Waals surface area contributed by atoms with Gasteiger partial charge in [0.15, 0.2) is 0 Å². The fraction of sp³-hybridized carbons (Fsp3) is 0.500. The molecule has 2 atom stereocenters. The Kier molecular flexibility index (Phi) is 5.71. The van der Waals surface area contributed by atoms with Gasteiger partial charge in [0, 0.05) is 17.9 Å². The number of rotatable bonds is 6. The molecule has 0 bridgehead atoms. The molecule has 0 amide bonds. The fourth-order valence-corrected chi connectivity index (χ4v) is 2.97. The highest BCUT2D eigenvalue weighted by Gasteiger charge is 2.15. The molecule has 0 aromatic heterocycles. The van der Waals surface area contributed by atoms with Crippen LogP contribution in [0.15, 0.2) is 23.1 Å². The second kappa shape index (κ2) is 6.81. The summed E-state index contributed by atoms with van der Waals surface area (Å²) in [6.07, 6.45) is 1.85. The van der Waals surface area contributed by atoms with Crippen molar-refractivity contribution < 1.29 is 13.0 Å². The zero-order valence-corrected chi connectivity index (χ0v) is 10.8. The zero-order valence-electron chi connectivity index (χ0n) is 10.0. The molecule has 0 saturated heterocycles. The summed E-state index contributed by atoms with van der Waals surface area (Å²) >= 11 is 0. The van der Waals surface area contributed by atoms with Crippen molar-refractivity contribution in [1.29, 1.82) is 0 Å². The molecule has 0 heterocycles. The van der Waals surface area contributed by atoms with E-state index in [-0.39, 0.29) is 10.9 Å². The average Bonchev–Trinajstić information content (AvgIpc) is 2.28. The molecule has 0 saturated carbocycles. The summed E-state index contributed by atoms with van der Waals surface area (Å²) in [5, 5.41) is 3.04. The lowest BCUT2D eigenvalue weighted by atomic mass is 10.2. The van der Waals surface area contributed by atoms with Gasteiger partial charge in [-0.1, -0.05) is 13.3 Å². The summed E-state index contributed by atoms with van der Waals surface area (Å²) in [5.41, 5.74) is 0. The molecule has 1 rings (SSSR count). The van der Waals surface area contributed by atoms with E-state index in [0.717, 1.165) is 25.0 Å². The molecule has 5 heteroatoms. The fourth-order valence-electron chi connectivity index (χ4n) is 1.59. The third-order valence-corrected chi connectivity index (χ3v) is 4.06. The van der Waals surface area contributed by atoms with E-state index in [1.54, 1.807) is 7.05 Å². The van der Waals surface area contributed by atoms with Gasteiger partial charge < -0.3 is 5.32 Å². The van der Waals surface area contributed by atoms with Gasteiger partial charge in [-0.2, -0.15) is 0 Å². The van der Waals surface area contributed by atoms with E-state index in [1.165, 1.54) is 6.07 Å². The number of hydrogen-bond donors (Lipinski definition) is 1. The zero-order chi connectivity index (χ0) is 12.8. The van der Waals surface area contributed by atoms with Crippen LogP contribution in [0.3, 0.4) is 0 Å². The van der Waals surface area contributed by atoms with E-state index >= 15 is 0 Å². The third-order valence-electron chi connectivity index (χ3n) is 2.54. The Hall–Kier alpha value is -0.810. The molecular weight excluding hydrogens is 244 g/mol. The lowest BCUT2D eigenvalue weighted by Gasteiger charge is -2.14. The van der Waals surface area contributed by atoms with Gasteiger partial charge in [0.05, 0.1) is 15.7 Å². The van der Waals surface area contributed by atoms with Crippen LogP contribution in [0.25, 0.3) is 0 Å². The van der Waals surface area contributed by atoms with Crippen LogP contribution in [0.4, 0.5) is 8.78 Å². The molecule has 2 nitrogen and oxygen atoms in total. The van der Waals surface area contributed by atoms with Gasteiger partial charge in [-0.25, -0.2) is 8.78 Å². The van der Waals surface area contributed by atoms with Crippen molar-refractivity contribution in [3.8, 4) is 0 Å². The summed E-state index contributed by atoms with van der Waals surface area (Å²) in [6.45, 7) is 2.03. The maximum absolute atomic E-state index is 13.4. The summed E-state index contributed by atoms with van der Waals surface area (Å²) < 4.78 is 38.0. The molecule has 0 aliphatic heterocycles. The standard InChI is InChI=1S/C12H17F2NOS/c1-3-4-10(15-2)8-17(16)12-6-5-9(13)7-11(12)14/h5-7,10,15H,3-4,8H2,1-2H3. The van der Waals surface area contributed by atoms with E-state index in [0.29, 0.717) is 5.75 Å². The van der Waals surface area contributed by atoms with Gasteiger partial charge in [0.1, 0.15) is 11.6 Å². The summed E-state index contributed by atoms with van der Waals surface area (Å²) in [5.74, 6) is -1.05. The molecule has 1 aromatic rings. The van der Waals surface area contributed by atoms with Gasteiger partial charge >= 0.3 is 0 Å². The molecule has 0 aliphatic carbocycles. The predicted octanol–water partition coefficient (Wildman–Crippen LogP) is 2.46. The van der Waals surface area contributed by atoms with Gasteiger partial charge in [-0.05, 0) is 25.6 Å². The molecule has 1 N–H and O–H groups in total. The lowest BCUT2D eigenvalue weighted by Crippen LogP contribution is -2.31. The lowest BCUT2D eigenvalue weighted by molar-refractivity contribution is 0.548. The highest BCUT2D eigenvalue weighted by Crippen LogP contribution is 2.15. The van der Waals surface area contributed by atoms with Crippen LogP contribution in [0.2, 0.25) is 0 Å². The van der Waals surface area contributed by atoms with E-state index < -0.39 is 22.4 Å². The summed E-state index contributed by atoms with van der Waals surface area (Å²) in [4.78, 5) is 0.0720. The van der Waals surface area contributed by atoms with E-state index in [9.17, 15) is 13.0 Å². The summed E-state index contributed by atoms with van der Waals surface area (Å²) in [7, 11) is 0.351. The molecule has 96 valence electrons. The van der Waals surface area contributed by atoms with Gasteiger partial charge in [-0.15, -0.1) is 0 Å². The van der Waals surface area contributed by atoms with Gasteiger partial charge in [-0.3, -0.25) is 4.21 Å². The van der Waals surface area contributed by atoms with Gasteiger partial charge in [0.2, 0.25) is 0 Å². The van der Waals surface area contributed by atoms with Crippen molar-refractivity contribution in [1.82, 2.24) is 5.32 Å². The van der Waals surface area contributed by atoms with E-state index in [1.807, 2.05) is 6.92 Å². The Morgan fingerprint density at radius 2 is 2.12 bits per heavy atom. The largest absolute Gasteiger partial charge is 0.316 e. The first kappa shape index (κ1) is 14.3. The van der Waals surface area contributed by atoms with Crippen molar-refractivity contribution in [2.24, 2.45) is 0 Å². The normalized spacial score (nSPS) is 14.6. The molecule has 0 fully saturated rings. The Morgan fingerprint density at radius 1 is 1.41 bits per heavy atom. The molecule has 17 heavy (non-hydrogen) atoms. The average molecular weight is 261 g/mol. The Balaban J connectivity index is 2.75. The number of benzene rings is 1. The van der Waals surface area contributed by atoms with Crippen LogP contribution >= 0.6 is 0 Å². The number of hydrogen-bond acceptors (Lipinski definition) is 2. The quantitative estimate of drug-likeness (QED) is 0.852. The summed E-state index contributed by atoms with van der Waals surface area (Å²) in [6, 6.07) is 3.23. The number of nitrogens with one attached hydrogen (secondary N) is 1. The molecule has 0 spiro atoms. The van der Waals surface area contributed by atoms with Crippen LogP contribution in [-0.4, -0.2) is 23.1 Å². The van der Waals surface area contributed by atoms with Crippen molar-refractivity contribution in [3.05, 3.63) is 29.8 Å². The molecule has 0 aliphatic rings. The highest BCUT2D eigenvalue weighted by molar-refractivity contribution is 7.85. The van der Waals surface area contributed by atoms with Crippen LogP contribution in [0.5, 0.6) is 0 Å². The predicted molar refractivity (Wildman–Crippen MR) is 65.4 cm³/mol. The first-order valence-corrected chi connectivity index (χ1v) is 6.91. The second-order valence-electron chi connectivity index (χ2n) is 3.86. The van der Waals surface area contributed by atoms with E-state index in [4.69, 9.17) is 0 Å². The smallest absolute Gasteiger partial charge is 0.142 e. The Morgan fingerprint density at radius 3 is 2.65 bits per heavy atom. The second-order valence-corrected chi connectivity index (χ2v) is 5.33. The molecular formula is C12H17F2NOS.